The normalized spacial score (nSPS) is 23.0. The van der Waals surface area contributed by atoms with Crippen molar-refractivity contribution in [2.45, 2.75) is 205 Å². The van der Waals surface area contributed by atoms with Gasteiger partial charge in [0.25, 0.3) is 0 Å². The molecule has 13 atom stereocenters. The molecule has 0 saturated carbocycles. The number of H-pyrrole nitrogens is 3. The number of primary amides is 1. The standard InChI is InChI=1S/C73H103N19O19/c1-35(2)23-50-64(102)80-33-57(95)83-48(20-21-58(96)97)65(103)87-51(24-36(3)4)72(110)91-60(37(5)6)73(111)90-53(26-41-31-79-46-18-13-11-16-44(41)46)69(107)84-47(66(104)92-61(39(8)93)62(74)100)19-14-22-77-56(94)28-55(89-67(105)49(75-9)29-59(98)99)68(106)82-38(7)63(101)85-52(25-40-30-78-45-17-12-10-15-43(40)45)70(108)88-54(71(109)86-50)27-42-32-76-34-81-42/h10-13,15-18,30-32,34-39,47-55,60-61,75,78-79,93H,14,19-29,33H2,1-9H3,(H2,74,100)(H,76,81)(H,77,94)(H,80,102)(H,82,106)(H,83,95)(H,84,107)(H,85,101)(H,86,109)(H,87,103)(H,88,108)(H,89,105)(H,90,111)(H,91,110)(H,92,104)(H,96,97)(H,98,99)/t38-,39+,47-,48-,49-,50-,51-,52-,53-,54-,55-,60-,61-/m0/s1. The van der Waals surface area contributed by atoms with Gasteiger partial charge in [0, 0.05) is 72.6 Å². The third-order valence-electron chi connectivity index (χ3n) is 18.2. The van der Waals surface area contributed by atoms with Gasteiger partial charge in [0.2, 0.25) is 82.7 Å². The van der Waals surface area contributed by atoms with Crippen LogP contribution in [0.3, 0.4) is 0 Å². The summed E-state index contributed by atoms with van der Waals surface area (Å²) in [5.74, 6) is -18.5. The maximum atomic E-state index is 15.0. The monoisotopic (exact) mass is 1550 g/mol. The highest BCUT2D eigenvalue weighted by Gasteiger charge is 2.39. The largest absolute Gasteiger partial charge is 0.481 e. The van der Waals surface area contributed by atoms with E-state index in [1.165, 1.54) is 26.5 Å². The first-order valence-electron chi connectivity index (χ1n) is 36.6. The summed E-state index contributed by atoms with van der Waals surface area (Å²) in [6.07, 6.45) is -0.180. The molecule has 111 heavy (non-hydrogen) atoms. The minimum Gasteiger partial charge on any atom is -0.481 e. The number of benzene rings is 2. The van der Waals surface area contributed by atoms with Gasteiger partial charge in [0.1, 0.15) is 66.5 Å². The molecule has 1 aliphatic rings. The number of nitrogens with zero attached hydrogens (tertiary/aromatic N) is 1. The number of para-hydroxylation sites is 2. The van der Waals surface area contributed by atoms with Crippen LogP contribution in [0.2, 0.25) is 0 Å². The summed E-state index contributed by atoms with van der Waals surface area (Å²) in [6.45, 7) is 11.2. The van der Waals surface area contributed by atoms with E-state index in [1.807, 2.05) is 0 Å². The predicted molar refractivity (Wildman–Crippen MR) is 400 cm³/mol. The molecule has 3 aromatic heterocycles. The van der Waals surface area contributed by atoms with E-state index in [0.29, 0.717) is 32.9 Å². The summed E-state index contributed by atoms with van der Waals surface area (Å²) in [6, 6.07) is -5.23. The number of carbonyl (C=O) groups excluding carboxylic acids is 14. The minimum atomic E-state index is -1.87. The molecule has 4 heterocycles. The van der Waals surface area contributed by atoms with Crippen molar-refractivity contribution in [2.24, 2.45) is 23.5 Å². The third-order valence-corrected chi connectivity index (χ3v) is 18.2. The number of hydrogen-bond acceptors (Lipinski definition) is 19. The maximum absolute atomic E-state index is 15.0. The first-order valence-corrected chi connectivity index (χ1v) is 36.6. The van der Waals surface area contributed by atoms with Crippen LogP contribution in [-0.2, 0) is 96.0 Å². The van der Waals surface area contributed by atoms with Gasteiger partial charge in [-0.1, -0.05) is 77.9 Å². The average molecular weight is 1550 g/mol. The molecule has 38 nitrogen and oxygen atoms in total. The Kier molecular flexibility index (Phi) is 33.5. The third kappa shape index (κ3) is 27.4. The molecule has 38 heteroatoms. The zero-order valence-electron chi connectivity index (χ0n) is 63.3. The van der Waals surface area contributed by atoms with Crippen LogP contribution in [0.15, 0.2) is 73.4 Å². The molecule has 1 fully saturated rings. The van der Waals surface area contributed by atoms with E-state index in [9.17, 15) is 92.0 Å². The van der Waals surface area contributed by atoms with E-state index in [0.717, 1.165) is 6.92 Å². The molecular weight excluding hydrogens is 1450 g/mol. The Balaban J connectivity index is 1.42. The number of aliphatic hydroxyl groups is 1. The number of amides is 14. The molecule has 22 N–H and O–H groups in total. The van der Waals surface area contributed by atoms with E-state index >= 15 is 0 Å². The summed E-state index contributed by atoms with van der Waals surface area (Å²) < 4.78 is 0. The fourth-order valence-electron chi connectivity index (χ4n) is 12.3. The number of aliphatic carboxylic acids is 2. The van der Waals surface area contributed by atoms with Gasteiger partial charge in [-0.2, -0.15) is 0 Å². The van der Waals surface area contributed by atoms with Crippen molar-refractivity contribution >= 4 is 116 Å². The van der Waals surface area contributed by atoms with Crippen LogP contribution in [0.1, 0.15) is 124 Å². The van der Waals surface area contributed by atoms with Gasteiger partial charge < -0.3 is 110 Å². The van der Waals surface area contributed by atoms with Crippen LogP contribution in [0, 0.1) is 17.8 Å². The van der Waals surface area contributed by atoms with E-state index in [-0.39, 0.29) is 69.0 Å². The van der Waals surface area contributed by atoms with Crippen LogP contribution in [0.5, 0.6) is 0 Å². The number of fused-ring (bicyclic) bond motifs is 2. The number of carboxylic acid groups (broad SMARTS) is 2. The lowest BCUT2D eigenvalue weighted by molar-refractivity contribution is -0.140. The molecular formula is C73H103N19O19. The SMILES string of the molecule is CN[C@@H](CC(=O)O)C(=O)N[C@H]1CC(=O)NCCC[C@@H](C(=O)N[C@H](C(N)=O)[C@@H](C)O)NC(=O)[C@H](Cc2c[nH]c3ccccc23)NC(=O)[C@H](C(C)C)NC(=O)[C@H](CC(C)C)NC(=O)[C@H](CCC(=O)O)NC(=O)CNC(=O)[C@H](CC(C)C)NC(=O)[C@H](Cc2c[nH]cn2)NC(=O)[C@H](Cc2c[nH]c3ccccc23)NC(=O)[C@H](C)NC1=O. The lowest BCUT2D eigenvalue weighted by Gasteiger charge is -2.29. The molecule has 604 valence electrons. The Morgan fingerprint density at radius 3 is 1.62 bits per heavy atom. The molecule has 0 aliphatic carbocycles. The highest BCUT2D eigenvalue weighted by molar-refractivity contribution is 6.01. The number of hydrogen-bond donors (Lipinski definition) is 21. The Morgan fingerprint density at radius 1 is 0.577 bits per heavy atom. The van der Waals surface area contributed by atoms with Gasteiger partial charge in [-0.25, -0.2) is 4.98 Å². The van der Waals surface area contributed by atoms with Crippen molar-refractivity contribution in [1.29, 1.82) is 0 Å². The smallest absolute Gasteiger partial charge is 0.305 e. The quantitative estimate of drug-likeness (QED) is 0.0305. The second-order valence-corrected chi connectivity index (χ2v) is 28.6. The number of likely N-dealkylation sites (N-methyl/N-ethyl adjacent to an activating group) is 1. The van der Waals surface area contributed by atoms with Crippen molar-refractivity contribution in [3.05, 3.63) is 90.3 Å². The first kappa shape index (κ1) is 88.1. The van der Waals surface area contributed by atoms with Crippen molar-refractivity contribution in [2.75, 3.05) is 20.1 Å². The number of nitrogens with two attached hydrogens (primary N) is 1. The summed E-state index contributed by atoms with van der Waals surface area (Å²) in [4.78, 5) is 237. The van der Waals surface area contributed by atoms with Gasteiger partial charge in [-0.05, 0) is 94.0 Å². The number of rotatable bonds is 23. The first-order chi connectivity index (χ1) is 52.5. The van der Waals surface area contributed by atoms with E-state index < -0.39 is 211 Å². The van der Waals surface area contributed by atoms with Gasteiger partial charge in [-0.15, -0.1) is 0 Å². The molecule has 0 bridgehead atoms. The van der Waals surface area contributed by atoms with E-state index in [2.05, 4.69) is 94.4 Å². The maximum Gasteiger partial charge on any atom is 0.305 e. The molecule has 1 saturated heterocycles. The number of nitrogens with one attached hydrogen (secondary N) is 17. The highest BCUT2D eigenvalue weighted by atomic mass is 16.4. The fraction of sp³-hybridized carbons (Fsp3) is 0.521. The second-order valence-electron chi connectivity index (χ2n) is 28.6. The molecule has 0 unspecified atom stereocenters. The number of carboxylic acids is 2. The zero-order valence-corrected chi connectivity index (χ0v) is 63.3. The van der Waals surface area contributed by atoms with Crippen molar-refractivity contribution in [1.82, 2.24) is 94.4 Å². The highest BCUT2D eigenvalue weighted by Crippen LogP contribution is 2.22. The molecule has 6 rings (SSSR count). The Bertz CT molecular complexity index is 4140. The van der Waals surface area contributed by atoms with Gasteiger partial charge in [0.05, 0.1) is 43.6 Å². The molecule has 14 amide bonds. The summed E-state index contributed by atoms with van der Waals surface area (Å²) in [5.41, 5.74) is 8.05. The second kappa shape index (κ2) is 42.2. The van der Waals surface area contributed by atoms with Crippen molar-refractivity contribution < 1.29 is 92.0 Å². The molecule has 2 aromatic carbocycles. The number of aliphatic hydroxyl groups excluding tert-OH is 1. The van der Waals surface area contributed by atoms with Gasteiger partial charge >= 0.3 is 11.9 Å². The molecule has 0 radical (unpaired) electrons. The summed E-state index contributed by atoms with van der Waals surface area (Å²) in [7, 11) is 1.27. The van der Waals surface area contributed by atoms with Crippen LogP contribution in [-0.4, -0.2) is 229 Å². The fourth-order valence-corrected chi connectivity index (χ4v) is 12.3. The van der Waals surface area contributed by atoms with E-state index in [1.54, 1.807) is 102 Å². The van der Waals surface area contributed by atoms with Crippen LogP contribution in [0.4, 0.5) is 0 Å². The molecule has 5 aromatic rings. The van der Waals surface area contributed by atoms with Crippen LogP contribution in [0.25, 0.3) is 21.8 Å². The van der Waals surface area contributed by atoms with Crippen molar-refractivity contribution in [3.8, 4) is 0 Å². The zero-order chi connectivity index (χ0) is 81.9. The summed E-state index contributed by atoms with van der Waals surface area (Å²) >= 11 is 0. The molecule has 1 aliphatic heterocycles. The van der Waals surface area contributed by atoms with Gasteiger partial charge in [-0.3, -0.25) is 76.7 Å². The van der Waals surface area contributed by atoms with Crippen LogP contribution < -0.4 is 80.2 Å². The van der Waals surface area contributed by atoms with Crippen molar-refractivity contribution in [3.63, 3.8) is 0 Å². The molecule has 0 spiro atoms. The summed E-state index contributed by atoms with van der Waals surface area (Å²) in [5, 5.41) is 66.8. The average Bonchev–Trinajstić information content (AvgIpc) is 1.72. The Hall–Kier alpha value is -11.8. The van der Waals surface area contributed by atoms with E-state index in [4.69, 9.17) is 5.73 Å². The lowest BCUT2D eigenvalue weighted by atomic mass is 9.98. The predicted octanol–water partition coefficient (Wildman–Crippen LogP) is -3.29. The Labute approximate surface area is 638 Å². The minimum absolute atomic E-state index is 0.0597. The number of aromatic amines is 3. The van der Waals surface area contributed by atoms with Gasteiger partial charge in [0.15, 0.2) is 0 Å². The lowest BCUT2D eigenvalue weighted by Crippen LogP contribution is -2.61. The number of imidazole rings is 1. The topological polar surface area (TPSA) is 589 Å². The number of carbonyl (C=O) groups is 16. The van der Waals surface area contributed by atoms with Crippen LogP contribution >= 0.6 is 0 Å². The Morgan fingerprint density at radius 2 is 1.10 bits per heavy atom. The number of aromatic nitrogens is 4.